The Morgan fingerprint density at radius 3 is 2.53 bits per heavy atom. The second-order valence-corrected chi connectivity index (χ2v) is 8.68. The monoisotopic (exact) mass is 455 g/mol. The summed E-state index contributed by atoms with van der Waals surface area (Å²) in [5.74, 6) is -1.14. The highest BCUT2D eigenvalue weighted by Crippen LogP contribution is 2.29. The quantitative estimate of drug-likeness (QED) is 0.357. The van der Waals surface area contributed by atoms with Crippen LogP contribution in [-0.4, -0.2) is 57.9 Å². The lowest BCUT2D eigenvalue weighted by Gasteiger charge is -2.44. The van der Waals surface area contributed by atoms with Gasteiger partial charge >= 0.3 is 0 Å². The number of aromatic nitrogens is 1. The summed E-state index contributed by atoms with van der Waals surface area (Å²) >= 11 is 6.41. The van der Waals surface area contributed by atoms with E-state index < -0.39 is 5.78 Å². The number of aromatic amines is 1. The van der Waals surface area contributed by atoms with E-state index in [0.29, 0.717) is 36.1 Å². The number of carbonyl (C=O) groups excluding carboxylic acids is 3. The Hall–Kier alpha value is -3.03. The zero-order chi connectivity index (χ0) is 23.0. The molecule has 1 unspecified atom stereocenters. The van der Waals surface area contributed by atoms with E-state index >= 15 is 0 Å². The average Bonchev–Trinajstić information content (AvgIpc) is 3.18. The van der Waals surface area contributed by atoms with Crippen LogP contribution in [0.1, 0.15) is 40.1 Å². The first-order valence-electron chi connectivity index (χ1n) is 10.4. The molecule has 0 aliphatic carbocycles. The minimum absolute atomic E-state index is 0.0757. The maximum atomic E-state index is 13.4. The van der Waals surface area contributed by atoms with Gasteiger partial charge in [0, 0.05) is 48.8 Å². The Morgan fingerprint density at radius 2 is 1.84 bits per heavy atom. The zero-order valence-corrected chi connectivity index (χ0v) is 18.5. The summed E-state index contributed by atoms with van der Waals surface area (Å²) in [6.45, 7) is 5.85. The topological polar surface area (TPSA) is 73.5 Å². The molecule has 2 heterocycles. The third-order valence-corrected chi connectivity index (χ3v) is 6.36. The van der Waals surface area contributed by atoms with Gasteiger partial charge in [0.2, 0.25) is 5.78 Å². The number of H-pyrrole nitrogens is 1. The molecule has 32 heavy (non-hydrogen) atoms. The Bertz CT molecular complexity index is 1190. The molecule has 4 rings (SSSR count). The van der Waals surface area contributed by atoms with Crippen LogP contribution in [0.4, 0.5) is 4.39 Å². The van der Waals surface area contributed by atoms with Crippen LogP contribution in [0.5, 0.6) is 0 Å². The number of fused-ring (bicyclic) bond motifs is 1. The second-order valence-electron chi connectivity index (χ2n) is 8.27. The van der Waals surface area contributed by atoms with Gasteiger partial charge in [0.05, 0.1) is 16.1 Å². The molecule has 1 saturated heterocycles. The van der Waals surface area contributed by atoms with Crippen LogP contribution in [-0.2, 0) is 11.3 Å². The lowest BCUT2D eigenvalue weighted by molar-refractivity contribution is -0.104. The van der Waals surface area contributed by atoms with Crippen LogP contribution in [0.3, 0.4) is 0 Å². The SMILES string of the molecule is CC1CN(Cc2ccc(F)cc2)[C@@H](C)CN1C(=O)c1cc2c(C(=O)C=O)c[nH]c2cc1Cl. The molecule has 0 saturated carbocycles. The van der Waals surface area contributed by atoms with Gasteiger partial charge in [-0.2, -0.15) is 0 Å². The van der Waals surface area contributed by atoms with Gasteiger partial charge in [0.1, 0.15) is 5.82 Å². The molecule has 166 valence electrons. The molecule has 0 spiro atoms. The lowest BCUT2D eigenvalue weighted by atomic mass is 10.0. The number of nitrogens with zero attached hydrogens (tertiary/aromatic N) is 2. The van der Waals surface area contributed by atoms with E-state index in [9.17, 15) is 18.8 Å². The fraction of sp³-hybridized carbons (Fsp3) is 0.292. The Balaban J connectivity index is 1.56. The number of nitrogens with one attached hydrogen (secondary N) is 1. The van der Waals surface area contributed by atoms with E-state index in [0.717, 1.165) is 5.56 Å². The first-order valence-corrected chi connectivity index (χ1v) is 10.8. The van der Waals surface area contributed by atoms with Crippen LogP contribution in [0, 0.1) is 5.82 Å². The van der Waals surface area contributed by atoms with E-state index in [-0.39, 0.29) is 40.7 Å². The largest absolute Gasteiger partial charge is 0.360 e. The van der Waals surface area contributed by atoms with Crippen molar-refractivity contribution in [3.05, 3.63) is 70.1 Å². The van der Waals surface area contributed by atoms with Gasteiger partial charge in [-0.3, -0.25) is 19.3 Å². The molecule has 1 N–H and O–H groups in total. The van der Waals surface area contributed by atoms with E-state index in [1.807, 2.05) is 13.8 Å². The van der Waals surface area contributed by atoms with Gasteiger partial charge in [-0.15, -0.1) is 0 Å². The Morgan fingerprint density at radius 1 is 1.12 bits per heavy atom. The molecule has 1 aliphatic heterocycles. The molecule has 6 nitrogen and oxygen atoms in total. The van der Waals surface area contributed by atoms with Crippen LogP contribution >= 0.6 is 11.6 Å². The van der Waals surface area contributed by atoms with Crippen molar-refractivity contribution in [1.82, 2.24) is 14.8 Å². The molecule has 1 fully saturated rings. The number of piperazine rings is 1. The molecule has 8 heteroatoms. The number of halogens is 2. The third kappa shape index (κ3) is 4.18. The van der Waals surface area contributed by atoms with E-state index in [4.69, 9.17) is 11.6 Å². The first kappa shape index (κ1) is 22.2. The summed E-state index contributed by atoms with van der Waals surface area (Å²) in [7, 11) is 0. The summed E-state index contributed by atoms with van der Waals surface area (Å²) in [5, 5.41) is 0.772. The number of carbonyl (C=O) groups is 3. The zero-order valence-electron chi connectivity index (χ0n) is 17.8. The van der Waals surface area contributed by atoms with Gasteiger partial charge in [-0.1, -0.05) is 23.7 Å². The van der Waals surface area contributed by atoms with Gasteiger partial charge in [0.15, 0.2) is 6.29 Å². The van der Waals surface area contributed by atoms with Gasteiger partial charge in [-0.25, -0.2) is 4.39 Å². The highest BCUT2D eigenvalue weighted by molar-refractivity contribution is 6.38. The summed E-state index contributed by atoms with van der Waals surface area (Å²) in [6.07, 6.45) is 1.70. The van der Waals surface area contributed by atoms with Crippen molar-refractivity contribution in [2.75, 3.05) is 13.1 Å². The molecular formula is C24H23ClFN3O3. The minimum atomic E-state index is -0.659. The smallest absolute Gasteiger partial charge is 0.255 e. The number of ketones is 1. The van der Waals surface area contributed by atoms with Crippen LogP contribution in [0.25, 0.3) is 10.9 Å². The highest BCUT2D eigenvalue weighted by atomic mass is 35.5. The normalized spacial score (nSPS) is 19.3. The molecule has 1 aromatic heterocycles. The Kier molecular flexibility index (Phi) is 6.13. The van der Waals surface area contributed by atoms with Crippen molar-refractivity contribution >= 4 is 40.5 Å². The van der Waals surface area contributed by atoms with E-state index in [1.165, 1.54) is 18.3 Å². The second kappa shape index (κ2) is 8.84. The molecule has 1 amide bonds. The summed E-state index contributed by atoms with van der Waals surface area (Å²) in [4.78, 5) is 43.2. The number of rotatable bonds is 5. The minimum Gasteiger partial charge on any atom is -0.360 e. The van der Waals surface area contributed by atoms with Gasteiger partial charge in [0.25, 0.3) is 5.91 Å². The standard InChI is InChI=1S/C24H23ClFN3O3/c1-14-11-29(15(2)10-28(14)12-16-3-5-17(26)6-4-16)24(32)19-7-18-20(23(31)13-30)9-27-22(18)8-21(19)25/h3-9,13-15,27H,10-12H2,1-2H3/t14-,15?/m0/s1. The van der Waals surface area contributed by atoms with Crippen LogP contribution in [0.2, 0.25) is 5.02 Å². The number of hydrogen-bond donors (Lipinski definition) is 1. The fourth-order valence-corrected chi connectivity index (χ4v) is 4.50. The molecule has 0 radical (unpaired) electrons. The van der Waals surface area contributed by atoms with Crippen LogP contribution in [0.15, 0.2) is 42.6 Å². The van der Waals surface area contributed by atoms with Crippen molar-refractivity contribution in [1.29, 1.82) is 0 Å². The number of aldehydes is 1. The van der Waals surface area contributed by atoms with Crippen molar-refractivity contribution in [2.45, 2.75) is 32.5 Å². The predicted octanol–water partition coefficient (Wildman–Crippen LogP) is 4.08. The molecule has 0 bridgehead atoms. The predicted molar refractivity (Wildman–Crippen MR) is 120 cm³/mol. The number of Topliss-reactive ketones (excluding diaryl/α,β-unsaturated/α-hetero) is 1. The Labute approximate surface area is 189 Å². The van der Waals surface area contributed by atoms with Gasteiger partial charge in [-0.05, 0) is 43.7 Å². The number of hydrogen-bond acceptors (Lipinski definition) is 4. The summed E-state index contributed by atoms with van der Waals surface area (Å²) < 4.78 is 13.2. The lowest BCUT2D eigenvalue weighted by Crippen LogP contribution is -2.57. The number of benzene rings is 2. The first-order chi connectivity index (χ1) is 15.3. The van der Waals surface area contributed by atoms with E-state index in [2.05, 4.69) is 9.88 Å². The highest BCUT2D eigenvalue weighted by Gasteiger charge is 2.33. The summed E-state index contributed by atoms with van der Waals surface area (Å²) in [6, 6.07) is 9.64. The van der Waals surface area contributed by atoms with Crippen molar-refractivity contribution in [3.8, 4) is 0 Å². The third-order valence-electron chi connectivity index (χ3n) is 6.05. The van der Waals surface area contributed by atoms with Crippen molar-refractivity contribution in [3.63, 3.8) is 0 Å². The maximum absolute atomic E-state index is 13.4. The molecular weight excluding hydrogens is 433 g/mol. The van der Waals surface area contributed by atoms with Crippen molar-refractivity contribution < 1.29 is 18.8 Å². The summed E-state index contributed by atoms with van der Waals surface area (Å²) in [5.41, 5.74) is 2.11. The van der Waals surface area contributed by atoms with Crippen molar-refractivity contribution in [2.24, 2.45) is 0 Å². The average molecular weight is 456 g/mol. The molecule has 3 aromatic rings. The number of amides is 1. The van der Waals surface area contributed by atoms with Crippen LogP contribution < -0.4 is 0 Å². The maximum Gasteiger partial charge on any atom is 0.255 e. The fourth-order valence-electron chi connectivity index (χ4n) is 4.25. The molecule has 2 aromatic carbocycles. The van der Waals surface area contributed by atoms with Gasteiger partial charge < -0.3 is 9.88 Å². The molecule has 1 aliphatic rings. The molecule has 2 atom stereocenters. The van der Waals surface area contributed by atoms with E-state index in [1.54, 1.807) is 29.2 Å².